The Balaban J connectivity index is 2.26. The van der Waals surface area contributed by atoms with Gasteiger partial charge in [-0.05, 0) is 25.0 Å². The molecule has 102 valence electrons. The van der Waals surface area contributed by atoms with E-state index in [-0.39, 0.29) is 12.5 Å². The van der Waals surface area contributed by atoms with Crippen LogP contribution in [-0.4, -0.2) is 38.0 Å². The third-order valence-electron chi connectivity index (χ3n) is 2.49. The van der Waals surface area contributed by atoms with E-state index in [0.717, 1.165) is 24.6 Å². The van der Waals surface area contributed by atoms with Crippen LogP contribution in [0.2, 0.25) is 0 Å². The van der Waals surface area contributed by atoms with E-state index in [2.05, 4.69) is 5.32 Å². The molecule has 0 fully saturated rings. The van der Waals surface area contributed by atoms with Crippen LogP contribution < -0.4 is 14.8 Å². The summed E-state index contributed by atoms with van der Waals surface area (Å²) in [7, 11) is 0. The predicted octanol–water partition coefficient (Wildman–Crippen LogP) is 1.68. The highest BCUT2D eigenvalue weighted by Gasteiger charge is 2.03. The van der Waals surface area contributed by atoms with Crippen LogP contribution in [-0.2, 0) is 0 Å². The third kappa shape index (κ3) is 5.38. The minimum absolute atomic E-state index is 0.209. The molecule has 0 bridgehead atoms. The lowest BCUT2D eigenvalue weighted by molar-refractivity contribution is 0.228. The van der Waals surface area contributed by atoms with Crippen LogP contribution in [0.15, 0.2) is 24.3 Å². The van der Waals surface area contributed by atoms with Crippen LogP contribution in [0, 0.1) is 5.92 Å². The topological polar surface area (TPSA) is 50.7 Å². The summed E-state index contributed by atoms with van der Waals surface area (Å²) >= 11 is 0. The second-order valence-corrected chi connectivity index (χ2v) is 4.22. The second-order valence-electron chi connectivity index (χ2n) is 4.22. The van der Waals surface area contributed by atoms with Crippen molar-refractivity contribution in [2.24, 2.45) is 5.92 Å². The summed E-state index contributed by atoms with van der Waals surface area (Å²) in [6.07, 6.45) is 0. The molecule has 1 aromatic carbocycles. The van der Waals surface area contributed by atoms with Crippen LogP contribution in [0.1, 0.15) is 13.8 Å². The molecule has 0 radical (unpaired) electrons. The Morgan fingerprint density at radius 3 is 2.50 bits per heavy atom. The van der Waals surface area contributed by atoms with Crippen molar-refractivity contribution in [2.45, 2.75) is 13.8 Å². The van der Waals surface area contributed by atoms with E-state index >= 15 is 0 Å². The molecule has 1 atom stereocenters. The van der Waals surface area contributed by atoms with E-state index in [1.807, 2.05) is 38.1 Å². The summed E-state index contributed by atoms with van der Waals surface area (Å²) in [5.41, 5.74) is 0. The van der Waals surface area contributed by atoms with Crippen LogP contribution in [0.5, 0.6) is 11.5 Å². The Kier molecular flexibility index (Phi) is 7.22. The van der Waals surface area contributed by atoms with Gasteiger partial charge >= 0.3 is 0 Å². The van der Waals surface area contributed by atoms with Crippen molar-refractivity contribution in [3.05, 3.63) is 24.3 Å². The summed E-state index contributed by atoms with van der Waals surface area (Å²) in [4.78, 5) is 0. The van der Waals surface area contributed by atoms with Gasteiger partial charge in [0.1, 0.15) is 6.61 Å². The lowest BCUT2D eigenvalue weighted by atomic mass is 10.2. The Labute approximate surface area is 109 Å². The second kappa shape index (κ2) is 8.78. The summed E-state index contributed by atoms with van der Waals surface area (Å²) in [6.45, 7) is 6.93. The van der Waals surface area contributed by atoms with E-state index in [4.69, 9.17) is 14.6 Å². The lowest BCUT2D eigenvalue weighted by Crippen LogP contribution is -2.27. The first-order valence-electron chi connectivity index (χ1n) is 6.44. The first-order valence-corrected chi connectivity index (χ1v) is 6.44. The smallest absolute Gasteiger partial charge is 0.161 e. The van der Waals surface area contributed by atoms with Crippen LogP contribution in [0.3, 0.4) is 0 Å². The molecule has 1 unspecified atom stereocenters. The van der Waals surface area contributed by atoms with Crippen molar-refractivity contribution >= 4 is 0 Å². The van der Waals surface area contributed by atoms with Gasteiger partial charge in [0.05, 0.1) is 6.61 Å². The molecule has 0 saturated heterocycles. The molecule has 0 amide bonds. The maximum atomic E-state index is 8.88. The van der Waals surface area contributed by atoms with E-state index in [1.54, 1.807) is 0 Å². The zero-order valence-electron chi connectivity index (χ0n) is 11.2. The Morgan fingerprint density at radius 1 is 1.22 bits per heavy atom. The Hall–Kier alpha value is -1.26. The number of para-hydroxylation sites is 2. The Bertz CT molecular complexity index is 331. The predicted molar refractivity (Wildman–Crippen MR) is 72.2 cm³/mol. The lowest BCUT2D eigenvalue weighted by Gasteiger charge is -2.13. The first-order chi connectivity index (χ1) is 8.77. The molecule has 0 spiro atoms. The summed E-state index contributed by atoms with van der Waals surface area (Å²) in [5, 5.41) is 12.1. The van der Waals surface area contributed by atoms with E-state index in [1.165, 1.54) is 0 Å². The zero-order chi connectivity index (χ0) is 13.2. The van der Waals surface area contributed by atoms with Crippen molar-refractivity contribution in [2.75, 3.05) is 32.9 Å². The highest BCUT2D eigenvalue weighted by Crippen LogP contribution is 2.25. The summed E-state index contributed by atoms with van der Waals surface area (Å²) < 4.78 is 11.1. The fourth-order valence-electron chi connectivity index (χ4n) is 1.49. The fourth-order valence-corrected chi connectivity index (χ4v) is 1.49. The average Bonchev–Trinajstić information content (AvgIpc) is 2.40. The van der Waals surface area contributed by atoms with Gasteiger partial charge in [-0.2, -0.15) is 0 Å². The van der Waals surface area contributed by atoms with Gasteiger partial charge in [-0.25, -0.2) is 0 Å². The third-order valence-corrected chi connectivity index (χ3v) is 2.49. The molecule has 1 aromatic rings. The SMILES string of the molecule is CCOc1ccccc1OCCNCC(C)CO. The van der Waals surface area contributed by atoms with Crippen LogP contribution in [0.4, 0.5) is 0 Å². The van der Waals surface area contributed by atoms with E-state index < -0.39 is 0 Å². The molecule has 18 heavy (non-hydrogen) atoms. The molecule has 1 rings (SSSR count). The number of hydrogen-bond acceptors (Lipinski definition) is 4. The average molecular weight is 253 g/mol. The van der Waals surface area contributed by atoms with Gasteiger partial charge in [0.2, 0.25) is 0 Å². The van der Waals surface area contributed by atoms with Crippen molar-refractivity contribution in [1.29, 1.82) is 0 Å². The van der Waals surface area contributed by atoms with Crippen molar-refractivity contribution in [3.63, 3.8) is 0 Å². The van der Waals surface area contributed by atoms with Gasteiger partial charge in [0.15, 0.2) is 11.5 Å². The molecule has 0 aliphatic heterocycles. The maximum Gasteiger partial charge on any atom is 0.161 e. The van der Waals surface area contributed by atoms with Crippen molar-refractivity contribution < 1.29 is 14.6 Å². The minimum Gasteiger partial charge on any atom is -0.490 e. The molecule has 0 saturated carbocycles. The summed E-state index contributed by atoms with van der Waals surface area (Å²) in [5.74, 6) is 1.83. The number of aliphatic hydroxyl groups excluding tert-OH is 1. The number of ether oxygens (including phenoxy) is 2. The molecule has 0 aromatic heterocycles. The molecular formula is C14H23NO3. The number of benzene rings is 1. The minimum atomic E-state index is 0.209. The quantitative estimate of drug-likeness (QED) is 0.657. The van der Waals surface area contributed by atoms with Crippen LogP contribution >= 0.6 is 0 Å². The normalized spacial score (nSPS) is 12.2. The van der Waals surface area contributed by atoms with Crippen LogP contribution in [0.25, 0.3) is 0 Å². The number of nitrogens with one attached hydrogen (secondary N) is 1. The number of hydrogen-bond donors (Lipinski definition) is 2. The Morgan fingerprint density at radius 2 is 1.89 bits per heavy atom. The molecule has 0 aliphatic carbocycles. The summed E-state index contributed by atoms with van der Waals surface area (Å²) in [6, 6.07) is 7.67. The maximum absolute atomic E-state index is 8.88. The van der Waals surface area contributed by atoms with Gasteiger partial charge in [-0.3, -0.25) is 0 Å². The molecule has 4 heteroatoms. The van der Waals surface area contributed by atoms with Gasteiger partial charge in [0.25, 0.3) is 0 Å². The van der Waals surface area contributed by atoms with Gasteiger partial charge in [0, 0.05) is 19.7 Å². The van der Waals surface area contributed by atoms with E-state index in [0.29, 0.717) is 13.2 Å². The van der Waals surface area contributed by atoms with Crippen molar-refractivity contribution in [1.82, 2.24) is 5.32 Å². The molecule has 0 heterocycles. The molecule has 0 aliphatic rings. The largest absolute Gasteiger partial charge is 0.490 e. The standard InChI is InChI=1S/C14H23NO3/c1-3-17-13-6-4-5-7-14(13)18-9-8-15-10-12(2)11-16/h4-7,12,15-16H,3,8-11H2,1-2H3. The first kappa shape index (κ1) is 14.8. The van der Waals surface area contributed by atoms with Gasteiger partial charge < -0.3 is 19.9 Å². The molecular weight excluding hydrogens is 230 g/mol. The zero-order valence-corrected chi connectivity index (χ0v) is 11.2. The number of aliphatic hydroxyl groups is 1. The highest BCUT2D eigenvalue weighted by atomic mass is 16.5. The highest BCUT2D eigenvalue weighted by molar-refractivity contribution is 5.39. The fraction of sp³-hybridized carbons (Fsp3) is 0.571. The molecule has 4 nitrogen and oxygen atoms in total. The monoisotopic (exact) mass is 253 g/mol. The molecule has 2 N–H and O–H groups in total. The van der Waals surface area contributed by atoms with E-state index in [9.17, 15) is 0 Å². The number of rotatable bonds is 9. The van der Waals surface area contributed by atoms with Crippen molar-refractivity contribution in [3.8, 4) is 11.5 Å². The van der Waals surface area contributed by atoms with Gasteiger partial charge in [-0.1, -0.05) is 19.1 Å². The van der Waals surface area contributed by atoms with Gasteiger partial charge in [-0.15, -0.1) is 0 Å².